The molecule has 0 saturated carbocycles. The molecular formula is C19H32FIN4. The van der Waals surface area contributed by atoms with Crippen molar-refractivity contribution in [2.75, 3.05) is 32.7 Å². The zero-order valence-electron chi connectivity index (χ0n) is 15.4. The SMILES string of the molecule is CCNC(=NCc1cccc(F)c1)NCC(C)CN1CCCCC1.I. The second-order valence-corrected chi connectivity index (χ2v) is 6.67. The minimum Gasteiger partial charge on any atom is -0.357 e. The van der Waals surface area contributed by atoms with Crippen LogP contribution >= 0.6 is 24.0 Å². The highest BCUT2D eigenvalue weighted by atomic mass is 127. The number of rotatable bonds is 7. The fraction of sp³-hybridized carbons (Fsp3) is 0.632. The molecule has 0 aromatic heterocycles. The van der Waals surface area contributed by atoms with Crippen LogP contribution in [0.2, 0.25) is 0 Å². The average molecular weight is 462 g/mol. The third kappa shape index (κ3) is 8.85. The average Bonchev–Trinajstić information content (AvgIpc) is 2.58. The van der Waals surface area contributed by atoms with Crippen molar-refractivity contribution in [2.45, 2.75) is 39.7 Å². The second kappa shape index (κ2) is 12.5. The van der Waals surface area contributed by atoms with E-state index in [9.17, 15) is 4.39 Å². The van der Waals surface area contributed by atoms with Gasteiger partial charge in [-0.15, -0.1) is 24.0 Å². The van der Waals surface area contributed by atoms with Gasteiger partial charge >= 0.3 is 0 Å². The van der Waals surface area contributed by atoms with Crippen molar-refractivity contribution in [2.24, 2.45) is 10.9 Å². The van der Waals surface area contributed by atoms with Gasteiger partial charge in [0.05, 0.1) is 6.54 Å². The summed E-state index contributed by atoms with van der Waals surface area (Å²) >= 11 is 0. The van der Waals surface area contributed by atoms with Crippen molar-refractivity contribution in [3.05, 3.63) is 35.6 Å². The highest BCUT2D eigenvalue weighted by molar-refractivity contribution is 14.0. The van der Waals surface area contributed by atoms with Gasteiger partial charge in [-0.25, -0.2) is 9.38 Å². The van der Waals surface area contributed by atoms with E-state index in [1.807, 2.05) is 6.07 Å². The first-order valence-corrected chi connectivity index (χ1v) is 9.16. The van der Waals surface area contributed by atoms with Gasteiger partial charge < -0.3 is 15.5 Å². The maximum absolute atomic E-state index is 13.2. The lowest BCUT2D eigenvalue weighted by Crippen LogP contribution is -2.42. The summed E-state index contributed by atoms with van der Waals surface area (Å²) in [6.45, 7) is 10.1. The van der Waals surface area contributed by atoms with Gasteiger partial charge in [0, 0.05) is 19.6 Å². The molecule has 0 bridgehead atoms. The zero-order chi connectivity index (χ0) is 17.2. The number of piperidine rings is 1. The van der Waals surface area contributed by atoms with Gasteiger partial charge in [-0.05, 0) is 56.5 Å². The molecule has 25 heavy (non-hydrogen) atoms. The van der Waals surface area contributed by atoms with Gasteiger partial charge in [0.1, 0.15) is 5.82 Å². The highest BCUT2D eigenvalue weighted by Crippen LogP contribution is 2.10. The zero-order valence-corrected chi connectivity index (χ0v) is 17.8. The number of benzene rings is 1. The van der Waals surface area contributed by atoms with Crippen LogP contribution in [0.15, 0.2) is 29.3 Å². The Hall–Kier alpha value is -0.890. The predicted octanol–water partition coefficient (Wildman–Crippen LogP) is 3.62. The van der Waals surface area contributed by atoms with Crippen LogP contribution < -0.4 is 10.6 Å². The van der Waals surface area contributed by atoms with Gasteiger partial charge in [-0.2, -0.15) is 0 Å². The van der Waals surface area contributed by atoms with E-state index in [0.717, 1.165) is 31.2 Å². The summed E-state index contributed by atoms with van der Waals surface area (Å²) in [7, 11) is 0. The quantitative estimate of drug-likeness (QED) is 0.370. The van der Waals surface area contributed by atoms with E-state index >= 15 is 0 Å². The third-order valence-corrected chi connectivity index (χ3v) is 4.29. The maximum Gasteiger partial charge on any atom is 0.191 e. The molecule has 1 heterocycles. The molecule has 1 saturated heterocycles. The van der Waals surface area contributed by atoms with Crippen LogP contribution in [0, 0.1) is 11.7 Å². The Morgan fingerprint density at radius 2 is 2.00 bits per heavy atom. The molecule has 1 atom stereocenters. The lowest BCUT2D eigenvalue weighted by atomic mass is 10.1. The van der Waals surface area contributed by atoms with Crippen LogP contribution in [0.25, 0.3) is 0 Å². The Morgan fingerprint density at radius 1 is 1.24 bits per heavy atom. The van der Waals surface area contributed by atoms with E-state index in [0.29, 0.717) is 12.5 Å². The molecule has 1 aromatic carbocycles. The van der Waals surface area contributed by atoms with Gasteiger partial charge in [0.2, 0.25) is 0 Å². The van der Waals surface area contributed by atoms with Gasteiger partial charge in [0.25, 0.3) is 0 Å². The number of aliphatic imine (C=N–C) groups is 1. The predicted molar refractivity (Wildman–Crippen MR) is 114 cm³/mol. The summed E-state index contributed by atoms with van der Waals surface area (Å²) in [5, 5.41) is 6.67. The lowest BCUT2D eigenvalue weighted by molar-refractivity contribution is 0.201. The topological polar surface area (TPSA) is 39.7 Å². The molecule has 1 aromatic rings. The van der Waals surface area contributed by atoms with Crippen LogP contribution in [0.3, 0.4) is 0 Å². The first kappa shape index (κ1) is 22.2. The highest BCUT2D eigenvalue weighted by Gasteiger charge is 2.13. The summed E-state index contributed by atoms with van der Waals surface area (Å²) in [6, 6.07) is 6.61. The van der Waals surface area contributed by atoms with Crippen molar-refractivity contribution >= 4 is 29.9 Å². The number of hydrogen-bond donors (Lipinski definition) is 2. The molecule has 0 amide bonds. The van der Waals surface area contributed by atoms with Crippen LogP contribution in [0.4, 0.5) is 4.39 Å². The Morgan fingerprint density at radius 3 is 2.68 bits per heavy atom. The molecule has 1 aliphatic rings. The first-order valence-electron chi connectivity index (χ1n) is 9.16. The van der Waals surface area contributed by atoms with Crippen LogP contribution in [-0.2, 0) is 6.54 Å². The van der Waals surface area contributed by atoms with Crippen molar-refractivity contribution in [3.8, 4) is 0 Å². The lowest BCUT2D eigenvalue weighted by Gasteiger charge is -2.29. The number of nitrogens with zero attached hydrogens (tertiary/aromatic N) is 2. The van der Waals surface area contributed by atoms with E-state index in [-0.39, 0.29) is 29.8 Å². The molecule has 1 fully saturated rings. The van der Waals surface area contributed by atoms with Crippen LogP contribution in [-0.4, -0.2) is 43.6 Å². The van der Waals surface area contributed by atoms with Gasteiger partial charge in [-0.1, -0.05) is 25.5 Å². The van der Waals surface area contributed by atoms with E-state index in [1.54, 1.807) is 6.07 Å². The summed E-state index contributed by atoms with van der Waals surface area (Å²) in [4.78, 5) is 7.12. The van der Waals surface area contributed by atoms with E-state index in [1.165, 1.54) is 44.5 Å². The summed E-state index contributed by atoms with van der Waals surface area (Å²) < 4.78 is 13.2. The molecule has 0 spiro atoms. The Kier molecular flexibility index (Phi) is 11.0. The number of halogens is 2. The minimum absolute atomic E-state index is 0. The first-order chi connectivity index (χ1) is 11.7. The molecule has 2 N–H and O–H groups in total. The standard InChI is InChI=1S/C19H31FN4.HI/c1-3-21-19(23-14-17-8-7-9-18(20)12-17)22-13-16(2)15-24-10-5-4-6-11-24;/h7-9,12,16H,3-6,10-11,13-15H2,1-2H3,(H2,21,22,23);1H. The van der Waals surface area contributed by atoms with Crippen LogP contribution in [0.5, 0.6) is 0 Å². The molecule has 1 aliphatic heterocycles. The fourth-order valence-electron chi connectivity index (χ4n) is 3.07. The van der Waals surface area contributed by atoms with Gasteiger partial charge in [-0.3, -0.25) is 0 Å². The van der Waals surface area contributed by atoms with Crippen molar-refractivity contribution < 1.29 is 4.39 Å². The van der Waals surface area contributed by atoms with Crippen LogP contribution in [0.1, 0.15) is 38.7 Å². The number of hydrogen-bond acceptors (Lipinski definition) is 2. The fourth-order valence-corrected chi connectivity index (χ4v) is 3.07. The molecule has 0 radical (unpaired) electrons. The third-order valence-electron chi connectivity index (χ3n) is 4.29. The molecule has 0 aliphatic carbocycles. The molecule has 4 nitrogen and oxygen atoms in total. The Labute approximate surface area is 168 Å². The van der Waals surface area contributed by atoms with Crippen molar-refractivity contribution in [1.29, 1.82) is 0 Å². The van der Waals surface area contributed by atoms with E-state index < -0.39 is 0 Å². The number of nitrogens with one attached hydrogen (secondary N) is 2. The summed E-state index contributed by atoms with van der Waals surface area (Å²) in [5.41, 5.74) is 0.883. The largest absolute Gasteiger partial charge is 0.357 e. The van der Waals surface area contributed by atoms with Crippen molar-refractivity contribution in [1.82, 2.24) is 15.5 Å². The molecule has 1 unspecified atom stereocenters. The number of guanidine groups is 1. The number of likely N-dealkylation sites (tertiary alicyclic amines) is 1. The maximum atomic E-state index is 13.2. The van der Waals surface area contributed by atoms with E-state index in [4.69, 9.17) is 0 Å². The normalized spacial score (nSPS) is 16.8. The molecule has 2 rings (SSSR count). The minimum atomic E-state index is -0.212. The van der Waals surface area contributed by atoms with Gasteiger partial charge in [0.15, 0.2) is 5.96 Å². The Bertz CT molecular complexity index is 518. The monoisotopic (exact) mass is 462 g/mol. The Balaban J connectivity index is 0.00000312. The summed E-state index contributed by atoms with van der Waals surface area (Å²) in [6.07, 6.45) is 4.04. The van der Waals surface area contributed by atoms with Crippen molar-refractivity contribution in [3.63, 3.8) is 0 Å². The molecule has 142 valence electrons. The molecule has 6 heteroatoms. The molecular weight excluding hydrogens is 430 g/mol. The smallest absolute Gasteiger partial charge is 0.191 e. The summed E-state index contributed by atoms with van der Waals surface area (Å²) in [5.74, 6) is 1.16. The van der Waals surface area contributed by atoms with E-state index in [2.05, 4.69) is 34.4 Å². The second-order valence-electron chi connectivity index (χ2n) is 6.67.